The summed E-state index contributed by atoms with van der Waals surface area (Å²) in [5, 5.41) is 2.79. The van der Waals surface area contributed by atoms with E-state index in [1.54, 1.807) is 49.6 Å². The minimum absolute atomic E-state index is 0.0143. The van der Waals surface area contributed by atoms with Gasteiger partial charge >= 0.3 is 0 Å². The van der Waals surface area contributed by atoms with Crippen LogP contribution in [-0.4, -0.2) is 25.4 Å². The van der Waals surface area contributed by atoms with Crippen LogP contribution in [0.5, 0.6) is 11.5 Å². The number of hydrogen-bond donors (Lipinski definition) is 1. The smallest absolute Gasteiger partial charge is 0.258 e. The first-order valence-corrected chi connectivity index (χ1v) is 9.19. The summed E-state index contributed by atoms with van der Waals surface area (Å²) in [5.41, 5.74) is 0.654. The van der Waals surface area contributed by atoms with Gasteiger partial charge in [0.05, 0.1) is 18.5 Å². The Morgan fingerprint density at radius 1 is 0.963 bits per heavy atom. The molecule has 0 saturated carbocycles. The van der Waals surface area contributed by atoms with Gasteiger partial charge in [-0.1, -0.05) is 36.4 Å². The van der Waals surface area contributed by atoms with Crippen molar-refractivity contribution in [3.63, 3.8) is 0 Å². The molecule has 3 aromatic rings. The first-order valence-electron chi connectivity index (χ1n) is 8.38. The zero-order chi connectivity index (χ0) is 19.1. The number of hydrogen-bond acceptors (Lipinski definition) is 5. The predicted octanol–water partition coefficient (Wildman–Crippen LogP) is 3.68. The third-order valence-electron chi connectivity index (χ3n) is 3.79. The number of amides is 1. The van der Waals surface area contributed by atoms with E-state index in [1.807, 2.05) is 24.3 Å². The van der Waals surface area contributed by atoms with Crippen molar-refractivity contribution in [2.24, 2.45) is 0 Å². The minimum Gasteiger partial charge on any atom is -0.497 e. The second-order valence-electron chi connectivity index (χ2n) is 5.71. The fraction of sp³-hybridized carbons (Fsp3) is 0.143. The number of ketones is 1. The van der Waals surface area contributed by atoms with Crippen LogP contribution in [0.4, 0.5) is 0 Å². The fourth-order valence-electron chi connectivity index (χ4n) is 2.40. The van der Waals surface area contributed by atoms with Gasteiger partial charge in [0.1, 0.15) is 11.5 Å². The van der Waals surface area contributed by atoms with Gasteiger partial charge in [-0.15, -0.1) is 11.3 Å². The molecule has 138 valence electrons. The van der Waals surface area contributed by atoms with E-state index in [9.17, 15) is 9.59 Å². The molecule has 3 rings (SSSR count). The van der Waals surface area contributed by atoms with Crippen LogP contribution < -0.4 is 14.8 Å². The van der Waals surface area contributed by atoms with Gasteiger partial charge in [-0.3, -0.25) is 9.59 Å². The molecule has 0 aliphatic carbocycles. The van der Waals surface area contributed by atoms with Crippen LogP contribution in [-0.2, 0) is 11.3 Å². The Kier molecular flexibility index (Phi) is 6.22. The lowest BCUT2D eigenvalue weighted by molar-refractivity contribution is -0.123. The molecule has 5 nitrogen and oxygen atoms in total. The van der Waals surface area contributed by atoms with E-state index in [4.69, 9.17) is 9.47 Å². The maximum Gasteiger partial charge on any atom is 0.258 e. The molecule has 0 saturated heterocycles. The molecule has 1 heterocycles. The molecule has 0 aliphatic rings. The first-order chi connectivity index (χ1) is 13.2. The number of nitrogens with one attached hydrogen (secondary N) is 1. The normalized spacial score (nSPS) is 10.3. The molecule has 1 aromatic heterocycles. The molecule has 27 heavy (non-hydrogen) atoms. The molecule has 0 fully saturated rings. The average molecular weight is 381 g/mol. The van der Waals surface area contributed by atoms with E-state index in [2.05, 4.69) is 5.32 Å². The highest BCUT2D eigenvalue weighted by atomic mass is 32.1. The number of methoxy groups -OCH3 is 1. The fourth-order valence-corrected chi connectivity index (χ4v) is 3.31. The molecule has 0 unspecified atom stereocenters. The molecule has 2 aromatic carbocycles. The second-order valence-corrected chi connectivity index (χ2v) is 6.87. The van der Waals surface area contributed by atoms with Gasteiger partial charge in [0.25, 0.3) is 5.91 Å². The number of thiophene rings is 1. The van der Waals surface area contributed by atoms with E-state index < -0.39 is 0 Å². The van der Waals surface area contributed by atoms with Crippen LogP contribution in [0.1, 0.15) is 20.1 Å². The zero-order valence-electron chi connectivity index (χ0n) is 14.8. The predicted molar refractivity (Wildman–Crippen MR) is 105 cm³/mol. The molecule has 6 heteroatoms. The van der Waals surface area contributed by atoms with E-state index >= 15 is 0 Å². The van der Waals surface area contributed by atoms with E-state index in [0.717, 1.165) is 4.88 Å². The molecule has 0 radical (unpaired) electrons. The molecule has 0 bridgehead atoms. The third kappa shape index (κ3) is 5.18. The third-order valence-corrected chi connectivity index (χ3v) is 4.88. The Morgan fingerprint density at radius 2 is 1.74 bits per heavy atom. The van der Waals surface area contributed by atoms with Crippen LogP contribution in [0.3, 0.4) is 0 Å². The van der Waals surface area contributed by atoms with Crippen LogP contribution >= 0.6 is 11.3 Å². The van der Waals surface area contributed by atoms with Crippen molar-refractivity contribution in [1.82, 2.24) is 5.32 Å². The Hall–Kier alpha value is -3.12. The lowest BCUT2D eigenvalue weighted by atomic mass is 10.1. The van der Waals surface area contributed by atoms with Crippen molar-refractivity contribution >= 4 is 23.0 Å². The van der Waals surface area contributed by atoms with Crippen molar-refractivity contribution in [2.75, 3.05) is 13.7 Å². The monoisotopic (exact) mass is 381 g/mol. The molecular weight excluding hydrogens is 362 g/mol. The highest BCUT2D eigenvalue weighted by Gasteiger charge is 2.12. The van der Waals surface area contributed by atoms with Crippen molar-refractivity contribution in [1.29, 1.82) is 0 Å². The minimum atomic E-state index is -0.234. The van der Waals surface area contributed by atoms with Gasteiger partial charge in [0.15, 0.2) is 6.61 Å². The maximum absolute atomic E-state index is 12.4. The highest BCUT2D eigenvalue weighted by Crippen LogP contribution is 2.20. The lowest BCUT2D eigenvalue weighted by Crippen LogP contribution is -2.28. The number of rotatable bonds is 8. The van der Waals surface area contributed by atoms with Gasteiger partial charge in [-0.25, -0.2) is 0 Å². The second kappa shape index (κ2) is 9.00. The quantitative estimate of drug-likeness (QED) is 0.605. The molecule has 0 spiro atoms. The van der Waals surface area contributed by atoms with Gasteiger partial charge in [-0.05, 0) is 24.3 Å². The van der Waals surface area contributed by atoms with E-state index in [-0.39, 0.29) is 18.3 Å². The SMILES string of the molecule is COc1cccc(OCC(=O)NCc2ccc(C(=O)c3ccccc3)s2)c1. The lowest BCUT2D eigenvalue weighted by Gasteiger charge is -2.08. The Bertz CT molecular complexity index is 921. The standard InChI is InChI=1S/C21H19NO4S/c1-25-16-8-5-9-17(12-16)26-14-20(23)22-13-18-10-11-19(27-18)21(24)15-6-3-2-4-7-15/h2-12H,13-14H2,1H3,(H,22,23). The summed E-state index contributed by atoms with van der Waals surface area (Å²) in [7, 11) is 1.57. The van der Waals surface area contributed by atoms with Crippen LogP contribution in [0, 0.1) is 0 Å². The highest BCUT2D eigenvalue weighted by molar-refractivity contribution is 7.14. The summed E-state index contributed by atoms with van der Waals surface area (Å²) in [6, 6.07) is 19.8. The van der Waals surface area contributed by atoms with Gasteiger partial charge in [0.2, 0.25) is 5.78 Å². The first kappa shape index (κ1) is 18.7. The summed E-state index contributed by atoms with van der Waals surface area (Å²) in [4.78, 5) is 25.9. The number of carbonyl (C=O) groups excluding carboxylic acids is 2. The molecule has 0 aliphatic heterocycles. The number of benzene rings is 2. The Balaban J connectivity index is 1.49. The largest absolute Gasteiger partial charge is 0.497 e. The van der Waals surface area contributed by atoms with Crippen molar-refractivity contribution < 1.29 is 19.1 Å². The molecule has 0 atom stereocenters. The van der Waals surface area contributed by atoms with E-state index in [1.165, 1.54) is 11.3 Å². The van der Waals surface area contributed by atoms with Crippen molar-refractivity contribution in [3.05, 3.63) is 82.0 Å². The average Bonchev–Trinajstić information content (AvgIpc) is 3.20. The van der Waals surface area contributed by atoms with Crippen molar-refractivity contribution in [2.45, 2.75) is 6.54 Å². The summed E-state index contributed by atoms with van der Waals surface area (Å²) in [6.45, 7) is 0.265. The number of ether oxygens (including phenoxy) is 2. The molecule has 1 amide bonds. The van der Waals surface area contributed by atoms with Gasteiger partial charge in [0, 0.05) is 16.5 Å². The Labute approximate surface area is 161 Å². The van der Waals surface area contributed by atoms with Crippen molar-refractivity contribution in [3.8, 4) is 11.5 Å². The maximum atomic E-state index is 12.4. The molecular formula is C21H19NO4S. The summed E-state index contributed by atoms with van der Waals surface area (Å²) in [6.07, 6.45) is 0. The summed E-state index contributed by atoms with van der Waals surface area (Å²) < 4.78 is 10.6. The van der Waals surface area contributed by atoms with Gasteiger partial charge in [-0.2, -0.15) is 0 Å². The number of carbonyl (C=O) groups is 2. The molecule has 1 N–H and O–H groups in total. The van der Waals surface area contributed by atoms with Crippen LogP contribution in [0.25, 0.3) is 0 Å². The summed E-state index contributed by atoms with van der Waals surface area (Å²) in [5.74, 6) is 0.986. The van der Waals surface area contributed by atoms with Crippen LogP contribution in [0.15, 0.2) is 66.7 Å². The van der Waals surface area contributed by atoms with E-state index in [0.29, 0.717) is 28.5 Å². The van der Waals surface area contributed by atoms with Gasteiger partial charge < -0.3 is 14.8 Å². The Morgan fingerprint density at radius 3 is 2.52 bits per heavy atom. The zero-order valence-corrected chi connectivity index (χ0v) is 15.6. The topological polar surface area (TPSA) is 64.6 Å². The van der Waals surface area contributed by atoms with Crippen LogP contribution in [0.2, 0.25) is 0 Å². The summed E-state index contributed by atoms with van der Waals surface area (Å²) >= 11 is 1.38.